The van der Waals surface area contributed by atoms with E-state index in [1.165, 1.54) is 18.2 Å². The molecule has 1 aromatic rings. The van der Waals surface area contributed by atoms with Gasteiger partial charge in [-0.3, -0.25) is 14.5 Å². The van der Waals surface area contributed by atoms with E-state index >= 15 is 0 Å². The van der Waals surface area contributed by atoms with Gasteiger partial charge in [0, 0.05) is 18.2 Å². The van der Waals surface area contributed by atoms with Crippen LogP contribution in [0.4, 0.5) is 5.69 Å². The predicted octanol–water partition coefficient (Wildman–Crippen LogP) is 4.74. The lowest BCUT2D eigenvalue weighted by molar-refractivity contribution is -0.124. The molecule has 3 aliphatic rings. The number of para-hydroxylation sites is 1. The third kappa shape index (κ3) is 3.23. The number of thiocarbonyl (C=S) groups is 1. The third-order valence-electron chi connectivity index (χ3n) is 5.62. The highest BCUT2D eigenvalue weighted by Crippen LogP contribution is 2.45. The van der Waals surface area contributed by atoms with E-state index in [0.29, 0.717) is 21.3 Å². The number of thioether (sulfide) groups is 1. The lowest BCUT2D eigenvalue weighted by atomic mass is 9.94. The van der Waals surface area contributed by atoms with Crippen LogP contribution in [-0.4, -0.2) is 33.6 Å². The van der Waals surface area contributed by atoms with Crippen molar-refractivity contribution in [2.24, 2.45) is 0 Å². The van der Waals surface area contributed by atoms with Gasteiger partial charge in [-0.1, -0.05) is 74.8 Å². The van der Waals surface area contributed by atoms with Gasteiger partial charge in [-0.05, 0) is 25.3 Å². The second-order valence-electron chi connectivity index (χ2n) is 7.37. The molecule has 1 aromatic carbocycles. The predicted molar refractivity (Wildman–Crippen MR) is 115 cm³/mol. The van der Waals surface area contributed by atoms with Gasteiger partial charge < -0.3 is 4.90 Å². The van der Waals surface area contributed by atoms with Crippen LogP contribution in [0.5, 0.6) is 0 Å². The zero-order chi connectivity index (χ0) is 19.0. The summed E-state index contributed by atoms with van der Waals surface area (Å²) in [7, 11) is 0. The summed E-state index contributed by atoms with van der Waals surface area (Å²) in [6.45, 7) is 2.79. The average molecular weight is 401 g/mol. The number of fused-ring (bicyclic) bond motifs is 1. The van der Waals surface area contributed by atoms with Crippen molar-refractivity contribution in [3.8, 4) is 0 Å². The number of carbonyl (C=O) groups excluding carboxylic acids is 2. The van der Waals surface area contributed by atoms with Gasteiger partial charge in [0.1, 0.15) is 4.32 Å². The van der Waals surface area contributed by atoms with Crippen LogP contribution in [0, 0.1) is 0 Å². The summed E-state index contributed by atoms with van der Waals surface area (Å²) < 4.78 is 0.603. The van der Waals surface area contributed by atoms with Crippen molar-refractivity contribution in [1.29, 1.82) is 0 Å². The van der Waals surface area contributed by atoms with Gasteiger partial charge in [-0.2, -0.15) is 0 Å². The van der Waals surface area contributed by atoms with Crippen molar-refractivity contribution in [2.45, 2.75) is 57.9 Å². The SMILES string of the molecule is CCCCN1C(=O)/C(=C2/SC(=S)N(C3CCCCC3)C2=O)c2ccccc21. The van der Waals surface area contributed by atoms with Crippen LogP contribution in [-0.2, 0) is 9.59 Å². The molecule has 142 valence electrons. The minimum Gasteiger partial charge on any atom is -0.308 e. The van der Waals surface area contributed by atoms with Crippen molar-refractivity contribution in [3.05, 3.63) is 34.7 Å². The topological polar surface area (TPSA) is 40.6 Å². The Balaban J connectivity index is 1.73. The highest BCUT2D eigenvalue weighted by molar-refractivity contribution is 8.26. The lowest BCUT2D eigenvalue weighted by Gasteiger charge is -2.29. The summed E-state index contributed by atoms with van der Waals surface area (Å²) in [6.07, 6.45) is 7.47. The molecule has 0 bridgehead atoms. The zero-order valence-corrected chi connectivity index (χ0v) is 17.2. The molecule has 2 heterocycles. The smallest absolute Gasteiger partial charge is 0.267 e. The third-order valence-corrected chi connectivity index (χ3v) is 7.03. The summed E-state index contributed by atoms with van der Waals surface area (Å²) >= 11 is 6.86. The van der Waals surface area contributed by atoms with Crippen molar-refractivity contribution >= 4 is 51.4 Å². The summed E-state index contributed by atoms with van der Waals surface area (Å²) in [5, 5.41) is 0. The summed E-state index contributed by atoms with van der Waals surface area (Å²) in [4.78, 5) is 30.6. The normalized spacial score (nSPS) is 23.5. The number of carbonyl (C=O) groups is 2. The molecule has 1 saturated heterocycles. The van der Waals surface area contributed by atoms with E-state index in [0.717, 1.165) is 49.8 Å². The minimum atomic E-state index is -0.0765. The molecule has 0 unspecified atom stereocenters. The Morgan fingerprint density at radius 1 is 1.11 bits per heavy atom. The van der Waals surface area contributed by atoms with Crippen molar-refractivity contribution in [1.82, 2.24) is 4.90 Å². The number of anilines is 1. The van der Waals surface area contributed by atoms with Gasteiger partial charge in [0.25, 0.3) is 11.8 Å². The van der Waals surface area contributed by atoms with Crippen molar-refractivity contribution in [2.75, 3.05) is 11.4 Å². The monoisotopic (exact) mass is 400 g/mol. The Labute approximate surface area is 170 Å². The fraction of sp³-hybridized carbons (Fsp3) is 0.476. The first kappa shape index (κ1) is 18.7. The average Bonchev–Trinajstić information content (AvgIpc) is 3.13. The Hall–Kier alpha value is -1.66. The minimum absolute atomic E-state index is 0.0613. The quantitative estimate of drug-likeness (QED) is 0.541. The maximum Gasteiger partial charge on any atom is 0.267 e. The lowest BCUT2D eigenvalue weighted by Crippen LogP contribution is -2.40. The molecule has 0 atom stereocenters. The molecule has 2 amide bonds. The van der Waals surface area contributed by atoms with E-state index in [-0.39, 0.29) is 17.9 Å². The van der Waals surface area contributed by atoms with Gasteiger partial charge >= 0.3 is 0 Å². The second-order valence-corrected chi connectivity index (χ2v) is 9.01. The maximum absolute atomic E-state index is 13.3. The van der Waals surface area contributed by atoms with Crippen molar-refractivity contribution < 1.29 is 9.59 Å². The Morgan fingerprint density at radius 2 is 1.85 bits per heavy atom. The number of nitrogens with zero attached hydrogens (tertiary/aromatic N) is 2. The van der Waals surface area contributed by atoms with E-state index in [9.17, 15) is 9.59 Å². The largest absolute Gasteiger partial charge is 0.308 e. The molecule has 1 aliphatic carbocycles. The summed E-state index contributed by atoms with van der Waals surface area (Å²) in [5.41, 5.74) is 2.31. The molecule has 6 heteroatoms. The number of amides is 2. The van der Waals surface area contributed by atoms with Gasteiger partial charge in [0.05, 0.1) is 16.2 Å². The molecular weight excluding hydrogens is 376 g/mol. The summed E-state index contributed by atoms with van der Waals surface area (Å²) in [6, 6.07) is 7.98. The molecule has 4 rings (SSSR count). The first-order chi connectivity index (χ1) is 13.1. The Morgan fingerprint density at radius 3 is 2.59 bits per heavy atom. The number of unbranched alkanes of at least 4 members (excludes halogenated alkanes) is 1. The zero-order valence-electron chi connectivity index (χ0n) is 15.6. The van der Waals surface area contributed by atoms with Crippen LogP contribution in [0.1, 0.15) is 57.4 Å². The maximum atomic E-state index is 13.3. The van der Waals surface area contributed by atoms with E-state index in [4.69, 9.17) is 12.2 Å². The van der Waals surface area contributed by atoms with Gasteiger partial charge in [-0.25, -0.2) is 0 Å². The van der Waals surface area contributed by atoms with E-state index in [1.807, 2.05) is 29.2 Å². The molecule has 0 aromatic heterocycles. The highest BCUT2D eigenvalue weighted by Gasteiger charge is 2.43. The van der Waals surface area contributed by atoms with Crippen LogP contribution in [0.3, 0.4) is 0 Å². The van der Waals surface area contributed by atoms with Crippen LogP contribution in [0.25, 0.3) is 5.57 Å². The molecular formula is C21H24N2O2S2. The molecule has 2 aliphatic heterocycles. The fourth-order valence-corrected chi connectivity index (χ4v) is 5.69. The molecule has 2 fully saturated rings. The van der Waals surface area contributed by atoms with Crippen molar-refractivity contribution in [3.63, 3.8) is 0 Å². The van der Waals surface area contributed by atoms with Gasteiger partial charge in [0.15, 0.2) is 0 Å². The van der Waals surface area contributed by atoms with E-state index < -0.39 is 0 Å². The summed E-state index contributed by atoms with van der Waals surface area (Å²) in [5.74, 6) is -0.138. The molecule has 4 nitrogen and oxygen atoms in total. The Kier molecular flexibility index (Phi) is 5.37. The Bertz CT molecular complexity index is 827. The molecule has 27 heavy (non-hydrogen) atoms. The second kappa shape index (κ2) is 7.76. The molecule has 0 radical (unpaired) electrons. The molecule has 0 spiro atoms. The standard InChI is InChI=1S/C21H24N2O2S2/c1-2-3-13-22-16-12-8-7-11-15(16)17(19(22)24)18-20(25)23(21(26)27-18)14-9-5-4-6-10-14/h7-8,11-12,14H,2-6,9-10,13H2,1H3/b18-17+. The van der Waals surface area contributed by atoms with Crippen LogP contribution in [0.15, 0.2) is 29.2 Å². The van der Waals surface area contributed by atoms with Crippen LogP contribution < -0.4 is 4.90 Å². The van der Waals surface area contributed by atoms with Crippen LogP contribution in [0.2, 0.25) is 0 Å². The van der Waals surface area contributed by atoms with Crippen LogP contribution >= 0.6 is 24.0 Å². The first-order valence-electron chi connectivity index (χ1n) is 9.84. The first-order valence-corrected chi connectivity index (χ1v) is 11.1. The van der Waals surface area contributed by atoms with E-state index in [2.05, 4.69) is 6.92 Å². The number of rotatable bonds is 4. The van der Waals surface area contributed by atoms with Gasteiger partial charge in [0.2, 0.25) is 0 Å². The molecule has 0 N–H and O–H groups in total. The van der Waals surface area contributed by atoms with Gasteiger partial charge in [-0.15, -0.1) is 0 Å². The molecule has 1 saturated carbocycles. The highest BCUT2D eigenvalue weighted by atomic mass is 32.2. The number of hydrogen-bond acceptors (Lipinski definition) is 4. The number of benzene rings is 1. The fourth-order valence-electron chi connectivity index (χ4n) is 4.22. The number of hydrogen-bond donors (Lipinski definition) is 0. The van der Waals surface area contributed by atoms with E-state index in [1.54, 1.807) is 4.90 Å².